The summed E-state index contributed by atoms with van der Waals surface area (Å²) in [5.74, 6) is 0.965. The third-order valence-corrected chi connectivity index (χ3v) is 3.92. The zero-order valence-electron chi connectivity index (χ0n) is 10.2. The van der Waals surface area contributed by atoms with E-state index in [9.17, 15) is 0 Å². The van der Waals surface area contributed by atoms with Gasteiger partial charge in [-0.15, -0.1) is 11.3 Å². The minimum Gasteiger partial charge on any atom is -0.488 e. The molecule has 0 unspecified atom stereocenters. The van der Waals surface area contributed by atoms with Gasteiger partial charge in [-0.1, -0.05) is 12.1 Å². The molecule has 0 radical (unpaired) electrons. The molecule has 2 nitrogen and oxygen atoms in total. The van der Waals surface area contributed by atoms with Crippen molar-refractivity contribution in [3.8, 4) is 5.75 Å². The first-order chi connectivity index (χ1) is 8.20. The Morgan fingerprint density at radius 1 is 1.12 bits per heavy atom. The van der Waals surface area contributed by atoms with Crippen molar-refractivity contribution < 1.29 is 4.74 Å². The Bertz CT molecular complexity index is 505. The van der Waals surface area contributed by atoms with Gasteiger partial charge >= 0.3 is 0 Å². The average Bonchev–Trinajstić information content (AvgIpc) is 2.79. The highest BCUT2D eigenvalue weighted by Crippen LogP contribution is 2.23. The Labute approximate surface area is 106 Å². The first-order valence-electron chi connectivity index (χ1n) is 5.67. The van der Waals surface area contributed by atoms with E-state index in [0.29, 0.717) is 13.2 Å². The molecule has 0 bridgehead atoms. The standard InChI is InChI=1S/C14H17NOS/c1-10-4-3-5-14(11(10)2)16-9-13-7-6-12(8-15)17-13/h3-7H,8-9,15H2,1-2H3. The molecule has 0 saturated carbocycles. The van der Waals surface area contributed by atoms with Gasteiger partial charge in [-0.25, -0.2) is 0 Å². The number of hydrogen-bond acceptors (Lipinski definition) is 3. The quantitative estimate of drug-likeness (QED) is 0.898. The second kappa shape index (κ2) is 5.34. The molecule has 0 atom stereocenters. The van der Waals surface area contributed by atoms with E-state index in [0.717, 1.165) is 5.75 Å². The maximum Gasteiger partial charge on any atom is 0.123 e. The largest absolute Gasteiger partial charge is 0.488 e. The van der Waals surface area contributed by atoms with Gasteiger partial charge in [0.15, 0.2) is 0 Å². The van der Waals surface area contributed by atoms with Crippen LogP contribution in [-0.2, 0) is 13.2 Å². The Morgan fingerprint density at radius 2 is 1.88 bits per heavy atom. The second-order valence-electron chi connectivity index (χ2n) is 4.06. The molecular formula is C14H17NOS. The minimum absolute atomic E-state index is 0.605. The number of rotatable bonds is 4. The van der Waals surface area contributed by atoms with Gasteiger partial charge in [0.25, 0.3) is 0 Å². The molecule has 17 heavy (non-hydrogen) atoms. The molecule has 0 aliphatic rings. The van der Waals surface area contributed by atoms with Crippen LogP contribution in [-0.4, -0.2) is 0 Å². The molecule has 1 heterocycles. The van der Waals surface area contributed by atoms with E-state index in [1.165, 1.54) is 20.9 Å². The van der Waals surface area contributed by atoms with E-state index in [1.54, 1.807) is 11.3 Å². The first kappa shape index (κ1) is 12.1. The number of aryl methyl sites for hydroxylation is 1. The number of hydrogen-bond donors (Lipinski definition) is 1. The lowest BCUT2D eigenvalue weighted by atomic mass is 10.1. The van der Waals surface area contributed by atoms with Gasteiger partial charge in [0, 0.05) is 16.3 Å². The molecule has 0 spiro atoms. The summed E-state index contributed by atoms with van der Waals surface area (Å²) in [5, 5.41) is 0. The predicted molar refractivity (Wildman–Crippen MR) is 72.5 cm³/mol. The van der Waals surface area contributed by atoms with E-state index >= 15 is 0 Å². The molecule has 2 aromatic rings. The van der Waals surface area contributed by atoms with Crippen molar-refractivity contribution in [1.82, 2.24) is 0 Å². The van der Waals surface area contributed by atoms with Gasteiger partial charge in [-0.2, -0.15) is 0 Å². The third kappa shape index (κ3) is 2.87. The van der Waals surface area contributed by atoms with Crippen LogP contribution in [0.15, 0.2) is 30.3 Å². The summed E-state index contributed by atoms with van der Waals surface area (Å²) >= 11 is 1.71. The summed E-state index contributed by atoms with van der Waals surface area (Å²) in [4.78, 5) is 2.41. The van der Waals surface area contributed by atoms with Gasteiger partial charge in [0.1, 0.15) is 12.4 Å². The fourth-order valence-electron chi connectivity index (χ4n) is 1.64. The zero-order valence-corrected chi connectivity index (χ0v) is 11.0. The lowest BCUT2D eigenvalue weighted by Crippen LogP contribution is -1.96. The molecule has 3 heteroatoms. The van der Waals surface area contributed by atoms with E-state index in [4.69, 9.17) is 10.5 Å². The molecule has 1 aromatic heterocycles. The van der Waals surface area contributed by atoms with Crippen molar-refractivity contribution in [3.05, 3.63) is 51.2 Å². The summed E-state index contributed by atoms with van der Waals surface area (Å²) in [6, 6.07) is 10.3. The van der Waals surface area contributed by atoms with E-state index in [2.05, 4.69) is 32.0 Å². The topological polar surface area (TPSA) is 35.2 Å². The van der Waals surface area contributed by atoms with Crippen molar-refractivity contribution >= 4 is 11.3 Å². The second-order valence-corrected chi connectivity index (χ2v) is 5.31. The maximum atomic E-state index is 5.83. The Balaban J connectivity index is 2.04. The average molecular weight is 247 g/mol. The van der Waals surface area contributed by atoms with Gasteiger partial charge in [-0.05, 0) is 43.2 Å². The van der Waals surface area contributed by atoms with Gasteiger partial charge in [0.05, 0.1) is 0 Å². The summed E-state index contributed by atoms with van der Waals surface area (Å²) in [7, 11) is 0. The van der Waals surface area contributed by atoms with Gasteiger partial charge in [0.2, 0.25) is 0 Å². The number of nitrogens with two attached hydrogens (primary N) is 1. The highest BCUT2D eigenvalue weighted by molar-refractivity contribution is 7.11. The first-order valence-corrected chi connectivity index (χ1v) is 6.49. The van der Waals surface area contributed by atoms with Crippen molar-refractivity contribution in [2.45, 2.75) is 27.0 Å². The molecule has 0 fully saturated rings. The smallest absolute Gasteiger partial charge is 0.123 e. The Kier molecular flexibility index (Phi) is 3.82. The molecule has 90 valence electrons. The van der Waals surface area contributed by atoms with E-state index in [-0.39, 0.29) is 0 Å². The molecule has 2 N–H and O–H groups in total. The van der Waals surface area contributed by atoms with Crippen LogP contribution in [0.5, 0.6) is 5.75 Å². The number of ether oxygens (including phenoxy) is 1. The Morgan fingerprint density at radius 3 is 2.59 bits per heavy atom. The molecule has 0 saturated heterocycles. The SMILES string of the molecule is Cc1cccc(OCc2ccc(CN)s2)c1C. The van der Waals surface area contributed by atoms with Crippen LogP contribution in [0, 0.1) is 13.8 Å². The molecule has 0 amide bonds. The molecule has 2 rings (SSSR count). The summed E-state index contributed by atoms with van der Waals surface area (Å²) in [6.07, 6.45) is 0. The molecular weight excluding hydrogens is 230 g/mol. The van der Waals surface area contributed by atoms with Crippen LogP contribution in [0.3, 0.4) is 0 Å². The number of benzene rings is 1. The monoisotopic (exact) mass is 247 g/mol. The molecule has 0 aliphatic heterocycles. The molecule has 0 aliphatic carbocycles. The van der Waals surface area contributed by atoms with Crippen LogP contribution < -0.4 is 10.5 Å². The highest BCUT2D eigenvalue weighted by atomic mass is 32.1. The van der Waals surface area contributed by atoms with Crippen LogP contribution in [0.25, 0.3) is 0 Å². The minimum atomic E-state index is 0.605. The summed E-state index contributed by atoms with van der Waals surface area (Å²) in [6.45, 7) is 5.41. The Hall–Kier alpha value is -1.32. The van der Waals surface area contributed by atoms with Crippen LogP contribution in [0.4, 0.5) is 0 Å². The predicted octanol–water partition coefficient (Wildman–Crippen LogP) is 3.40. The van der Waals surface area contributed by atoms with Crippen molar-refractivity contribution in [3.63, 3.8) is 0 Å². The van der Waals surface area contributed by atoms with Crippen molar-refractivity contribution in [2.24, 2.45) is 5.73 Å². The van der Waals surface area contributed by atoms with E-state index in [1.807, 2.05) is 12.1 Å². The van der Waals surface area contributed by atoms with Crippen LogP contribution in [0.1, 0.15) is 20.9 Å². The lowest BCUT2D eigenvalue weighted by molar-refractivity contribution is 0.307. The summed E-state index contributed by atoms with van der Waals surface area (Å²) < 4.78 is 5.83. The van der Waals surface area contributed by atoms with Crippen molar-refractivity contribution in [1.29, 1.82) is 0 Å². The summed E-state index contributed by atoms with van der Waals surface area (Å²) in [5.41, 5.74) is 8.06. The fraction of sp³-hybridized carbons (Fsp3) is 0.286. The lowest BCUT2D eigenvalue weighted by Gasteiger charge is -2.09. The number of thiophene rings is 1. The fourth-order valence-corrected chi connectivity index (χ4v) is 2.45. The van der Waals surface area contributed by atoms with Crippen LogP contribution in [0.2, 0.25) is 0 Å². The van der Waals surface area contributed by atoms with Crippen molar-refractivity contribution in [2.75, 3.05) is 0 Å². The van der Waals surface area contributed by atoms with Gasteiger partial charge < -0.3 is 10.5 Å². The van der Waals surface area contributed by atoms with Crippen LogP contribution >= 0.6 is 11.3 Å². The normalized spacial score (nSPS) is 10.5. The highest BCUT2D eigenvalue weighted by Gasteiger charge is 2.03. The van der Waals surface area contributed by atoms with E-state index < -0.39 is 0 Å². The third-order valence-electron chi connectivity index (χ3n) is 2.84. The maximum absolute atomic E-state index is 5.83. The molecule has 1 aromatic carbocycles. The van der Waals surface area contributed by atoms with Gasteiger partial charge in [-0.3, -0.25) is 0 Å². The zero-order chi connectivity index (χ0) is 12.3.